The first-order valence-electron chi connectivity index (χ1n) is 6.73. The lowest BCUT2D eigenvalue weighted by molar-refractivity contribution is -0.384. The average molecular weight is 282 g/mol. The molecule has 0 spiro atoms. The Morgan fingerprint density at radius 3 is 2.80 bits per heavy atom. The number of aliphatic hydroxyl groups is 1. The van der Waals surface area contributed by atoms with Gasteiger partial charge in [0.1, 0.15) is 11.6 Å². The number of pyridine rings is 1. The van der Waals surface area contributed by atoms with Crippen molar-refractivity contribution in [3.63, 3.8) is 0 Å². The summed E-state index contributed by atoms with van der Waals surface area (Å²) < 4.78 is 0. The van der Waals surface area contributed by atoms with Gasteiger partial charge in [-0.25, -0.2) is 4.98 Å². The Morgan fingerprint density at radius 1 is 1.55 bits per heavy atom. The maximum absolute atomic E-state index is 11.0. The molecule has 0 saturated heterocycles. The highest BCUT2D eigenvalue weighted by atomic mass is 16.6. The summed E-state index contributed by atoms with van der Waals surface area (Å²) in [5, 5.41) is 23.3. The molecule has 1 unspecified atom stereocenters. The van der Waals surface area contributed by atoms with Gasteiger partial charge in [-0.05, 0) is 19.8 Å². The van der Waals surface area contributed by atoms with Crippen molar-refractivity contribution in [3.05, 3.63) is 22.2 Å². The SMILES string of the molecule is CCCNc1cc([N+](=O)[O-])cc(N(C)CCC(C)O)n1. The summed E-state index contributed by atoms with van der Waals surface area (Å²) in [4.78, 5) is 16.7. The number of nitrogens with one attached hydrogen (secondary N) is 1. The van der Waals surface area contributed by atoms with Gasteiger partial charge in [0.2, 0.25) is 0 Å². The molecule has 0 aliphatic rings. The van der Waals surface area contributed by atoms with Crippen molar-refractivity contribution in [3.8, 4) is 0 Å². The zero-order valence-electron chi connectivity index (χ0n) is 12.2. The monoisotopic (exact) mass is 282 g/mol. The molecule has 0 aliphatic heterocycles. The highest BCUT2D eigenvalue weighted by Gasteiger charge is 2.14. The van der Waals surface area contributed by atoms with Crippen LogP contribution < -0.4 is 10.2 Å². The molecule has 112 valence electrons. The van der Waals surface area contributed by atoms with Gasteiger partial charge in [-0.3, -0.25) is 10.1 Å². The molecule has 1 aromatic heterocycles. The minimum Gasteiger partial charge on any atom is -0.393 e. The molecule has 7 nitrogen and oxygen atoms in total. The van der Waals surface area contributed by atoms with E-state index < -0.39 is 11.0 Å². The maximum atomic E-state index is 11.0. The van der Waals surface area contributed by atoms with E-state index in [1.54, 1.807) is 18.9 Å². The summed E-state index contributed by atoms with van der Waals surface area (Å²) in [6, 6.07) is 2.88. The predicted molar refractivity (Wildman–Crippen MR) is 79.2 cm³/mol. The third-order valence-corrected chi connectivity index (χ3v) is 2.84. The second-order valence-corrected chi connectivity index (χ2v) is 4.81. The molecule has 2 N–H and O–H groups in total. The smallest absolute Gasteiger partial charge is 0.276 e. The third kappa shape index (κ3) is 5.00. The molecule has 0 saturated carbocycles. The molecule has 1 heterocycles. The molecule has 0 aromatic carbocycles. The molecule has 1 aromatic rings. The van der Waals surface area contributed by atoms with Crippen molar-refractivity contribution in [2.45, 2.75) is 32.8 Å². The highest BCUT2D eigenvalue weighted by Crippen LogP contribution is 2.23. The van der Waals surface area contributed by atoms with Gasteiger partial charge in [0.25, 0.3) is 5.69 Å². The lowest BCUT2D eigenvalue weighted by Gasteiger charge is -2.19. The first-order chi connectivity index (χ1) is 9.43. The third-order valence-electron chi connectivity index (χ3n) is 2.84. The van der Waals surface area contributed by atoms with Crippen molar-refractivity contribution in [1.29, 1.82) is 0 Å². The topological polar surface area (TPSA) is 91.5 Å². The number of rotatable bonds is 8. The number of aromatic nitrogens is 1. The van der Waals surface area contributed by atoms with E-state index in [2.05, 4.69) is 10.3 Å². The van der Waals surface area contributed by atoms with Crippen LogP contribution in [0.5, 0.6) is 0 Å². The Kier molecular flexibility index (Phi) is 6.17. The lowest BCUT2D eigenvalue weighted by Crippen LogP contribution is -2.23. The van der Waals surface area contributed by atoms with Crippen LogP contribution in [0, 0.1) is 10.1 Å². The van der Waals surface area contributed by atoms with Gasteiger partial charge in [-0.1, -0.05) is 6.92 Å². The van der Waals surface area contributed by atoms with E-state index in [0.29, 0.717) is 31.1 Å². The number of anilines is 2. The second-order valence-electron chi connectivity index (χ2n) is 4.81. The summed E-state index contributed by atoms with van der Waals surface area (Å²) in [5.74, 6) is 1.03. The van der Waals surface area contributed by atoms with Crippen LogP contribution in [-0.2, 0) is 0 Å². The van der Waals surface area contributed by atoms with Crippen LogP contribution in [0.3, 0.4) is 0 Å². The minimum atomic E-state index is -0.426. The molecule has 0 bridgehead atoms. The largest absolute Gasteiger partial charge is 0.393 e. The average Bonchev–Trinajstić information content (AvgIpc) is 2.41. The standard InChI is InChI=1S/C13H22N4O3/c1-4-6-14-12-8-11(17(19)20)9-13(15-12)16(3)7-5-10(2)18/h8-10,18H,4-7H2,1-3H3,(H,14,15). The van der Waals surface area contributed by atoms with Crippen LogP contribution in [0.4, 0.5) is 17.3 Å². The molecule has 0 amide bonds. The lowest BCUT2D eigenvalue weighted by atomic mass is 10.2. The molecule has 0 radical (unpaired) electrons. The van der Waals surface area contributed by atoms with Crippen LogP contribution in [0.1, 0.15) is 26.7 Å². The zero-order chi connectivity index (χ0) is 15.1. The Labute approximate surface area is 118 Å². The van der Waals surface area contributed by atoms with E-state index in [4.69, 9.17) is 0 Å². The summed E-state index contributed by atoms with van der Waals surface area (Å²) in [6.07, 6.45) is 1.09. The van der Waals surface area contributed by atoms with E-state index in [1.165, 1.54) is 12.1 Å². The number of nitrogens with zero attached hydrogens (tertiary/aromatic N) is 3. The number of aliphatic hydroxyl groups excluding tert-OH is 1. The van der Waals surface area contributed by atoms with Crippen molar-refractivity contribution in [2.75, 3.05) is 30.4 Å². The van der Waals surface area contributed by atoms with Gasteiger partial charge < -0.3 is 15.3 Å². The minimum absolute atomic E-state index is 0.0116. The summed E-state index contributed by atoms with van der Waals surface area (Å²) in [7, 11) is 1.80. The fourth-order valence-corrected chi connectivity index (χ4v) is 1.64. The Balaban J connectivity index is 2.92. The van der Waals surface area contributed by atoms with Crippen molar-refractivity contribution < 1.29 is 10.0 Å². The number of nitro groups is 1. The molecule has 7 heteroatoms. The van der Waals surface area contributed by atoms with E-state index in [1.807, 2.05) is 6.92 Å². The normalized spacial score (nSPS) is 12.0. The van der Waals surface area contributed by atoms with E-state index in [-0.39, 0.29) is 5.69 Å². The summed E-state index contributed by atoms with van der Waals surface area (Å²) in [5.41, 5.74) is 0.0116. The first kappa shape index (κ1) is 16.2. The van der Waals surface area contributed by atoms with E-state index in [9.17, 15) is 15.2 Å². The Morgan fingerprint density at radius 2 is 2.25 bits per heavy atom. The Bertz CT molecular complexity index is 451. The van der Waals surface area contributed by atoms with Crippen molar-refractivity contribution >= 4 is 17.3 Å². The molecule has 0 fully saturated rings. The first-order valence-corrected chi connectivity index (χ1v) is 6.73. The number of hydrogen-bond donors (Lipinski definition) is 2. The second kappa shape index (κ2) is 7.64. The van der Waals surface area contributed by atoms with Crippen LogP contribution in [0.2, 0.25) is 0 Å². The van der Waals surface area contributed by atoms with Gasteiger partial charge in [0.15, 0.2) is 0 Å². The van der Waals surface area contributed by atoms with Crippen molar-refractivity contribution in [1.82, 2.24) is 4.98 Å². The Hall–Kier alpha value is -1.89. The molecule has 20 heavy (non-hydrogen) atoms. The van der Waals surface area contributed by atoms with Crippen LogP contribution in [0.25, 0.3) is 0 Å². The molecule has 1 rings (SSSR count). The van der Waals surface area contributed by atoms with Crippen LogP contribution in [-0.4, -0.2) is 41.3 Å². The van der Waals surface area contributed by atoms with Gasteiger partial charge in [-0.2, -0.15) is 0 Å². The quantitative estimate of drug-likeness (QED) is 0.560. The van der Waals surface area contributed by atoms with E-state index >= 15 is 0 Å². The van der Waals surface area contributed by atoms with Gasteiger partial charge in [0, 0.05) is 20.1 Å². The number of hydrogen-bond acceptors (Lipinski definition) is 6. The zero-order valence-corrected chi connectivity index (χ0v) is 12.2. The van der Waals surface area contributed by atoms with Gasteiger partial charge in [0.05, 0.1) is 23.2 Å². The molecular formula is C13H22N4O3. The molecular weight excluding hydrogens is 260 g/mol. The highest BCUT2D eigenvalue weighted by molar-refractivity contribution is 5.55. The fourth-order valence-electron chi connectivity index (χ4n) is 1.64. The predicted octanol–water partition coefficient (Wildman–Crippen LogP) is 2.02. The van der Waals surface area contributed by atoms with Gasteiger partial charge in [-0.15, -0.1) is 0 Å². The van der Waals surface area contributed by atoms with Crippen LogP contribution in [0.15, 0.2) is 12.1 Å². The summed E-state index contributed by atoms with van der Waals surface area (Å²) in [6.45, 7) is 5.02. The van der Waals surface area contributed by atoms with E-state index in [0.717, 1.165) is 6.42 Å². The molecule has 0 aliphatic carbocycles. The summed E-state index contributed by atoms with van der Waals surface area (Å²) >= 11 is 0. The maximum Gasteiger partial charge on any atom is 0.276 e. The van der Waals surface area contributed by atoms with Gasteiger partial charge >= 0.3 is 0 Å². The fraction of sp³-hybridized carbons (Fsp3) is 0.615. The molecule has 1 atom stereocenters. The van der Waals surface area contributed by atoms with Crippen molar-refractivity contribution in [2.24, 2.45) is 0 Å². The van der Waals surface area contributed by atoms with Crippen LogP contribution >= 0.6 is 0 Å².